The van der Waals surface area contributed by atoms with Crippen LogP contribution in [0.5, 0.6) is 0 Å². The Bertz CT molecular complexity index is 1010. The number of nitrogens with zero attached hydrogens (tertiary/aromatic N) is 1. The van der Waals surface area contributed by atoms with Gasteiger partial charge in [-0.3, -0.25) is 19.2 Å². The van der Waals surface area contributed by atoms with Gasteiger partial charge in [0.1, 0.15) is 18.6 Å². The molecule has 226 valence electrons. The van der Waals surface area contributed by atoms with Crippen LogP contribution in [0.4, 0.5) is 4.79 Å². The maximum Gasteiger partial charge on any atom is 0.325 e. The zero-order valence-corrected chi connectivity index (χ0v) is 23.7. The molecule has 1 aromatic carbocycles. The van der Waals surface area contributed by atoms with E-state index in [0.717, 1.165) is 37.7 Å². The molecule has 0 unspecified atom stereocenters. The molecule has 3 rings (SSSR count). The number of rotatable bonds is 14. The molecule has 1 aliphatic heterocycles. The number of nitrogens with one attached hydrogen (secondary N) is 3. The van der Waals surface area contributed by atoms with Crippen LogP contribution < -0.4 is 16.0 Å². The normalized spacial score (nSPS) is 17.1. The quantitative estimate of drug-likeness (QED) is 0.222. The molecule has 41 heavy (non-hydrogen) atoms. The number of ether oxygens (including phenoxy) is 3. The SMILES string of the molecule is CCOC(=O)CNC(=O)C(=O)[C@@H](COCc1ccccc1)NC(=O)[C@H](CC1CCCCC1)NC(=O)N1CCOCC1. The maximum atomic E-state index is 13.6. The first-order valence-corrected chi connectivity index (χ1v) is 14.4. The van der Waals surface area contributed by atoms with Gasteiger partial charge in [-0.2, -0.15) is 0 Å². The second kappa shape index (κ2) is 17.3. The molecule has 1 heterocycles. The van der Waals surface area contributed by atoms with Crippen LogP contribution in [0, 0.1) is 5.92 Å². The number of amides is 4. The smallest absolute Gasteiger partial charge is 0.325 e. The average molecular weight is 575 g/mol. The Balaban J connectivity index is 1.70. The second-order valence-electron chi connectivity index (χ2n) is 10.3. The fourth-order valence-electron chi connectivity index (χ4n) is 4.93. The van der Waals surface area contributed by atoms with Crippen molar-refractivity contribution in [1.82, 2.24) is 20.9 Å². The Morgan fingerprint density at radius 1 is 0.976 bits per heavy atom. The van der Waals surface area contributed by atoms with Gasteiger partial charge < -0.3 is 35.1 Å². The molecule has 0 aromatic heterocycles. The van der Waals surface area contributed by atoms with Gasteiger partial charge >= 0.3 is 12.0 Å². The van der Waals surface area contributed by atoms with Gasteiger partial charge in [0.05, 0.1) is 33.0 Å². The van der Waals surface area contributed by atoms with E-state index in [2.05, 4.69) is 16.0 Å². The standard InChI is InChI=1S/C29H42N4O8/c1-2-41-25(34)18-30-28(37)26(35)24(20-40-19-22-11-7-4-8-12-22)31-27(36)23(17-21-9-5-3-6-10-21)32-29(38)33-13-15-39-16-14-33/h4,7-8,11-12,21,23-24H,2-3,5-6,9-10,13-20H2,1H3,(H,30,37)(H,31,36)(H,32,38)/t23-,24+/m0/s1. The molecule has 2 fully saturated rings. The average Bonchev–Trinajstić information content (AvgIpc) is 3.00. The summed E-state index contributed by atoms with van der Waals surface area (Å²) in [5, 5.41) is 7.74. The highest BCUT2D eigenvalue weighted by Crippen LogP contribution is 2.27. The van der Waals surface area contributed by atoms with Crippen molar-refractivity contribution >= 4 is 29.6 Å². The highest BCUT2D eigenvalue weighted by atomic mass is 16.5. The molecule has 2 aliphatic rings. The lowest BCUT2D eigenvalue weighted by Gasteiger charge is -2.31. The van der Waals surface area contributed by atoms with Crippen molar-refractivity contribution in [2.45, 2.75) is 64.1 Å². The van der Waals surface area contributed by atoms with Gasteiger partial charge in [-0.25, -0.2) is 4.79 Å². The van der Waals surface area contributed by atoms with E-state index < -0.39 is 42.2 Å². The van der Waals surface area contributed by atoms with E-state index >= 15 is 0 Å². The van der Waals surface area contributed by atoms with Gasteiger partial charge in [0.2, 0.25) is 11.7 Å². The van der Waals surface area contributed by atoms with Crippen LogP contribution in [-0.2, 0) is 40.0 Å². The Kier molecular flexibility index (Phi) is 13.5. The zero-order valence-electron chi connectivity index (χ0n) is 23.7. The van der Waals surface area contributed by atoms with Crippen LogP contribution in [-0.4, -0.2) is 92.6 Å². The van der Waals surface area contributed by atoms with Gasteiger partial charge in [0.15, 0.2) is 0 Å². The molecule has 0 spiro atoms. The summed E-state index contributed by atoms with van der Waals surface area (Å²) in [4.78, 5) is 65.5. The summed E-state index contributed by atoms with van der Waals surface area (Å²) in [5.41, 5.74) is 0.852. The lowest BCUT2D eigenvalue weighted by molar-refractivity contribution is -0.146. The van der Waals surface area contributed by atoms with Crippen LogP contribution in [0.25, 0.3) is 0 Å². The largest absolute Gasteiger partial charge is 0.465 e. The molecule has 1 saturated heterocycles. The number of urea groups is 1. The van der Waals surface area contributed by atoms with Crippen LogP contribution in [0.1, 0.15) is 51.0 Å². The first-order valence-electron chi connectivity index (χ1n) is 14.4. The van der Waals surface area contributed by atoms with Crippen molar-refractivity contribution in [2.24, 2.45) is 5.92 Å². The highest BCUT2D eigenvalue weighted by molar-refractivity contribution is 6.38. The van der Waals surface area contributed by atoms with Crippen molar-refractivity contribution in [3.8, 4) is 0 Å². The number of morpholine rings is 1. The summed E-state index contributed by atoms with van der Waals surface area (Å²) in [6.07, 6.45) is 5.59. The third kappa shape index (κ3) is 11.1. The molecule has 12 nitrogen and oxygen atoms in total. The van der Waals surface area contributed by atoms with Gasteiger partial charge in [0, 0.05) is 13.1 Å². The minimum Gasteiger partial charge on any atom is -0.465 e. The van der Waals surface area contributed by atoms with Crippen LogP contribution in [0.2, 0.25) is 0 Å². The van der Waals surface area contributed by atoms with E-state index in [1.807, 2.05) is 30.3 Å². The second-order valence-corrected chi connectivity index (χ2v) is 10.3. The summed E-state index contributed by atoms with van der Waals surface area (Å²) in [7, 11) is 0. The Morgan fingerprint density at radius 2 is 1.68 bits per heavy atom. The summed E-state index contributed by atoms with van der Waals surface area (Å²) in [6, 6.07) is 6.65. The number of carbonyl (C=O) groups is 5. The fourth-order valence-corrected chi connectivity index (χ4v) is 4.93. The monoisotopic (exact) mass is 574 g/mol. The van der Waals surface area contributed by atoms with Crippen molar-refractivity contribution in [3.05, 3.63) is 35.9 Å². The highest BCUT2D eigenvalue weighted by Gasteiger charge is 2.33. The molecule has 1 aliphatic carbocycles. The van der Waals surface area contributed by atoms with E-state index in [0.29, 0.717) is 32.7 Å². The predicted octanol–water partition coefficient (Wildman–Crippen LogP) is 1.32. The molecule has 3 N–H and O–H groups in total. The molecule has 4 amide bonds. The van der Waals surface area contributed by atoms with E-state index in [-0.39, 0.29) is 31.8 Å². The van der Waals surface area contributed by atoms with Gasteiger partial charge in [-0.15, -0.1) is 0 Å². The van der Waals surface area contributed by atoms with Crippen molar-refractivity contribution in [2.75, 3.05) is 46.1 Å². The topological polar surface area (TPSA) is 152 Å². The number of benzene rings is 1. The molecule has 0 bridgehead atoms. The molecule has 2 atom stereocenters. The number of hydrogen-bond donors (Lipinski definition) is 3. The maximum absolute atomic E-state index is 13.6. The Labute approximate surface area is 240 Å². The number of carbonyl (C=O) groups excluding carboxylic acids is 5. The lowest BCUT2D eigenvalue weighted by atomic mass is 9.84. The summed E-state index contributed by atoms with van der Waals surface area (Å²) in [6.45, 7) is 2.83. The Hall–Kier alpha value is -3.51. The first-order chi connectivity index (χ1) is 19.9. The molecule has 0 radical (unpaired) electrons. The minimum absolute atomic E-state index is 0.132. The number of hydrogen-bond acceptors (Lipinski definition) is 8. The molecule has 1 aromatic rings. The lowest BCUT2D eigenvalue weighted by Crippen LogP contribution is -2.58. The number of ketones is 1. The van der Waals surface area contributed by atoms with E-state index in [1.165, 1.54) is 0 Å². The van der Waals surface area contributed by atoms with Gasteiger partial charge in [-0.05, 0) is 24.8 Å². The molecule has 12 heteroatoms. The van der Waals surface area contributed by atoms with E-state index in [4.69, 9.17) is 14.2 Å². The summed E-state index contributed by atoms with van der Waals surface area (Å²) >= 11 is 0. The predicted molar refractivity (Wildman–Crippen MR) is 149 cm³/mol. The number of Topliss-reactive ketones (excluding diaryl/α,β-unsaturated/α-hetero) is 1. The molecule has 1 saturated carbocycles. The number of esters is 1. The van der Waals surface area contributed by atoms with Crippen molar-refractivity contribution in [1.29, 1.82) is 0 Å². The fraction of sp³-hybridized carbons (Fsp3) is 0.621. The zero-order chi connectivity index (χ0) is 29.5. The van der Waals surface area contributed by atoms with Crippen molar-refractivity contribution < 1.29 is 38.2 Å². The van der Waals surface area contributed by atoms with E-state index in [1.54, 1.807) is 11.8 Å². The minimum atomic E-state index is -1.33. The van der Waals surface area contributed by atoms with E-state index in [9.17, 15) is 24.0 Å². The molecular weight excluding hydrogens is 532 g/mol. The third-order valence-corrected chi connectivity index (χ3v) is 7.16. The molecular formula is C29H42N4O8. The summed E-state index contributed by atoms with van der Waals surface area (Å²) < 4.78 is 15.8. The van der Waals surface area contributed by atoms with Crippen LogP contribution >= 0.6 is 0 Å². The third-order valence-electron chi connectivity index (χ3n) is 7.16. The van der Waals surface area contributed by atoms with Gasteiger partial charge in [0.25, 0.3) is 5.91 Å². The van der Waals surface area contributed by atoms with Crippen molar-refractivity contribution in [3.63, 3.8) is 0 Å². The van der Waals surface area contributed by atoms with Gasteiger partial charge in [-0.1, -0.05) is 62.4 Å². The first kappa shape index (κ1) is 32.0. The van der Waals surface area contributed by atoms with Crippen LogP contribution in [0.3, 0.4) is 0 Å². The van der Waals surface area contributed by atoms with Crippen LogP contribution in [0.15, 0.2) is 30.3 Å². The summed E-state index contributed by atoms with van der Waals surface area (Å²) in [5.74, 6) is -3.02. The Morgan fingerprint density at radius 3 is 2.37 bits per heavy atom.